The van der Waals surface area contributed by atoms with Crippen molar-refractivity contribution in [2.75, 3.05) is 13.2 Å². The Morgan fingerprint density at radius 3 is 2.38 bits per heavy atom. The third kappa shape index (κ3) is 5.73. The third-order valence-electron chi connectivity index (χ3n) is 5.34. The van der Waals surface area contributed by atoms with Gasteiger partial charge in [0.2, 0.25) is 0 Å². The van der Waals surface area contributed by atoms with Crippen LogP contribution in [0.2, 0.25) is 0 Å². The van der Waals surface area contributed by atoms with E-state index >= 15 is 0 Å². The molecule has 0 aliphatic carbocycles. The maximum Gasteiger partial charge on any atom is 0.412 e. The Morgan fingerprint density at radius 1 is 1.12 bits per heavy atom. The Labute approximate surface area is 141 Å². The van der Waals surface area contributed by atoms with Crippen LogP contribution in [0.4, 0.5) is 17.6 Å². The van der Waals surface area contributed by atoms with Crippen LogP contribution in [0.3, 0.4) is 0 Å². The van der Waals surface area contributed by atoms with Gasteiger partial charge < -0.3 is 9.47 Å². The van der Waals surface area contributed by atoms with Crippen LogP contribution in [-0.2, 0) is 9.47 Å². The first-order valence-corrected chi connectivity index (χ1v) is 8.98. The fourth-order valence-electron chi connectivity index (χ4n) is 3.84. The summed E-state index contributed by atoms with van der Waals surface area (Å²) in [7, 11) is 0. The largest absolute Gasteiger partial charge is 0.412 e. The van der Waals surface area contributed by atoms with E-state index in [2.05, 4.69) is 13.8 Å². The Bertz CT molecular complexity index is 406. The number of ether oxygens (including phenoxy) is 2. The first-order valence-electron chi connectivity index (χ1n) is 8.98. The average Bonchev–Trinajstić information content (AvgIpc) is 2.54. The molecule has 0 spiro atoms. The third-order valence-corrected chi connectivity index (χ3v) is 5.34. The van der Waals surface area contributed by atoms with E-state index < -0.39 is 18.1 Å². The van der Waals surface area contributed by atoms with Crippen molar-refractivity contribution in [2.45, 2.75) is 70.8 Å². The molecule has 0 bridgehead atoms. The van der Waals surface area contributed by atoms with E-state index in [0.29, 0.717) is 18.3 Å². The van der Waals surface area contributed by atoms with Crippen molar-refractivity contribution >= 4 is 0 Å². The highest BCUT2D eigenvalue weighted by Gasteiger charge is 2.35. The zero-order valence-electron chi connectivity index (χ0n) is 14.4. The molecule has 140 valence electrons. The van der Waals surface area contributed by atoms with Gasteiger partial charge in [-0.2, -0.15) is 13.2 Å². The molecule has 0 radical (unpaired) electrons. The number of rotatable bonds is 5. The van der Waals surface area contributed by atoms with Gasteiger partial charge in [-0.3, -0.25) is 0 Å². The maximum atomic E-state index is 13.6. The van der Waals surface area contributed by atoms with Crippen molar-refractivity contribution in [3.8, 4) is 0 Å². The summed E-state index contributed by atoms with van der Waals surface area (Å²) >= 11 is 0. The second-order valence-corrected chi connectivity index (χ2v) is 7.21. The molecule has 5 unspecified atom stereocenters. The lowest BCUT2D eigenvalue weighted by atomic mass is 9.81. The summed E-state index contributed by atoms with van der Waals surface area (Å²) in [5.41, 5.74) is 0. The zero-order valence-corrected chi connectivity index (χ0v) is 14.4. The van der Waals surface area contributed by atoms with Crippen molar-refractivity contribution in [1.29, 1.82) is 0 Å². The van der Waals surface area contributed by atoms with Crippen LogP contribution in [0.25, 0.3) is 0 Å². The summed E-state index contributed by atoms with van der Waals surface area (Å²) in [4.78, 5) is 0. The van der Waals surface area contributed by atoms with Gasteiger partial charge in [0.1, 0.15) is 11.9 Å². The molecule has 0 amide bonds. The summed E-state index contributed by atoms with van der Waals surface area (Å²) in [5, 5.41) is 0. The van der Waals surface area contributed by atoms with Crippen LogP contribution < -0.4 is 0 Å². The molecule has 5 atom stereocenters. The molecule has 2 nitrogen and oxygen atoms in total. The predicted octanol–water partition coefficient (Wildman–Crippen LogP) is 5.43. The Kier molecular flexibility index (Phi) is 7.10. The minimum atomic E-state index is -4.64. The van der Waals surface area contributed by atoms with Gasteiger partial charge in [-0.25, -0.2) is 4.39 Å². The molecule has 2 rings (SSSR count). The van der Waals surface area contributed by atoms with Gasteiger partial charge in [0.15, 0.2) is 0 Å². The fraction of sp³-hybridized carbons (Fsp3) is 0.889. The molecule has 2 fully saturated rings. The number of alkyl halides is 3. The highest BCUT2D eigenvalue weighted by atomic mass is 19.4. The highest BCUT2D eigenvalue weighted by molar-refractivity contribution is 5.04. The van der Waals surface area contributed by atoms with E-state index in [0.717, 1.165) is 19.4 Å². The van der Waals surface area contributed by atoms with Crippen molar-refractivity contribution < 1.29 is 27.0 Å². The second-order valence-electron chi connectivity index (χ2n) is 7.21. The van der Waals surface area contributed by atoms with Crippen LogP contribution in [0.5, 0.6) is 0 Å². The van der Waals surface area contributed by atoms with Gasteiger partial charge in [0.05, 0.1) is 25.4 Å². The molecule has 0 N–H and O–H groups in total. The first-order chi connectivity index (χ1) is 11.3. The van der Waals surface area contributed by atoms with Gasteiger partial charge in [-0.15, -0.1) is 0 Å². The van der Waals surface area contributed by atoms with E-state index in [1.165, 1.54) is 12.8 Å². The topological polar surface area (TPSA) is 18.5 Å². The lowest BCUT2D eigenvalue weighted by molar-refractivity contribution is -0.108. The molecule has 2 aliphatic heterocycles. The van der Waals surface area contributed by atoms with Crippen molar-refractivity contribution in [3.63, 3.8) is 0 Å². The van der Waals surface area contributed by atoms with Crippen molar-refractivity contribution in [3.05, 3.63) is 11.9 Å². The van der Waals surface area contributed by atoms with Crippen LogP contribution >= 0.6 is 0 Å². The van der Waals surface area contributed by atoms with E-state index in [4.69, 9.17) is 9.47 Å². The van der Waals surface area contributed by atoms with Crippen molar-refractivity contribution in [2.24, 2.45) is 17.8 Å². The Morgan fingerprint density at radius 2 is 1.88 bits per heavy atom. The van der Waals surface area contributed by atoms with E-state index in [9.17, 15) is 17.6 Å². The van der Waals surface area contributed by atoms with E-state index in [1.807, 2.05) is 0 Å². The second kappa shape index (κ2) is 8.65. The van der Waals surface area contributed by atoms with Crippen LogP contribution in [-0.4, -0.2) is 31.6 Å². The summed E-state index contributed by atoms with van der Waals surface area (Å²) < 4.78 is 61.5. The molecule has 24 heavy (non-hydrogen) atoms. The minimum absolute atomic E-state index is 0.0886. The lowest BCUT2D eigenvalue weighted by Gasteiger charge is -2.39. The summed E-state index contributed by atoms with van der Waals surface area (Å²) in [6, 6.07) is 0. The van der Waals surface area contributed by atoms with E-state index in [-0.39, 0.29) is 31.1 Å². The quantitative estimate of drug-likeness (QED) is 0.614. The minimum Gasteiger partial charge on any atom is -0.378 e. The van der Waals surface area contributed by atoms with Gasteiger partial charge in [-0.05, 0) is 37.5 Å². The molecule has 2 heterocycles. The molecule has 0 aromatic rings. The standard InChI is InChI=1S/C18H28F4O2/c1-3-4-12(2)13-5-7-16(23-10-13)14-6-8-17(24-11-14)15(19)9-18(20,21)22/h9,12-14,16-17H,3-8,10-11H2,1-2H3/b15-9-. The predicted molar refractivity (Wildman–Crippen MR) is 84.2 cm³/mol. The van der Waals surface area contributed by atoms with Crippen LogP contribution in [0.15, 0.2) is 11.9 Å². The number of halogens is 4. The summed E-state index contributed by atoms with van der Waals surface area (Å²) in [5.74, 6) is 0.177. The molecule has 0 aromatic carbocycles. The van der Waals surface area contributed by atoms with Crippen LogP contribution in [0.1, 0.15) is 52.4 Å². The number of allylic oxidation sites excluding steroid dienone is 1. The molecule has 0 aromatic heterocycles. The summed E-state index contributed by atoms with van der Waals surface area (Å²) in [6.07, 6.45) is -0.535. The average molecular weight is 352 g/mol. The molecule has 2 saturated heterocycles. The molecule has 2 aliphatic rings. The summed E-state index contributed by atoms with van der Waals surface area (Å²) in [6.45, 7) is 5.46. The van der Waals surface area contributed by atoms with Gasteiger partial charge in [0.25, 0.3) is 0 Å². The Hall–Kier alpha value is -0.620. The Balaban J connectivity index is 1.77. The fourth-order valence-corrected chi connectivity index (χ4v) is 3.84. The maximum absolute atomic E-state index is 13.6. The monoisotopic (exact) mass is 352 g/mol. The van der Waals surface area contributed by atoms with Crippen molar-refractivity contribution in [1.82, 2.24) is 0 Å². The van der Waals surface area contributed by atoms with Gasteiger partial charge in [-0.1, -0.05) is 26.7 Å². The van der Waals surface area contributed by atoms with E-state index in [1.54, 1.807) is 0 Å². The lowest BCUT2D eigenvalue weighted by Crippen LogP contribution is -2.39. The first kappa shape index (κ1) is 19.7. The number of hydrogen-bond donors (Lipinski definition) is 0. The molecular formula is C18H28F4O2. The molecule has 0 saturated carbocycles. The molecular weight excluding hydrogens is 324 g/mol. The zero-order chi connectivity index (χ0) is 17.7. The SMILES string of the molecule is CCCC(C)C1CCC(C2CCC(/C(F)=C/C(F)(F)F)OC2)OC1. The van der Waals surface area contributed by atoms with Gasteiger partial charge >= 0.3 is 6.18 Å². The normalized spacial score (nSPS) is 34.2. The highest BCUT2D eigenvalue weighted by Crippen LogP contribution is 2.35. The van der Waals surface area contributed by atoms with Crippen LogP contribution in [0, 0.1) is 17.8 Å². The van der Waals surface area contributed by atoms with Gasteiger partial charge in [0, 0.05) is 5.92 Å². The smallest absolute Gasteiger partial charge is 0.378 e. The number of hydrogen-bond acceptors (Lipinski definition) is 2. The molecule has 6 heteroatoms.